The molecule has 0 bridgehead atoms. The van der Waals surface area contributed by atoms with Gasteiger partial charge in [0.1, 0.15) is 12.4 Å². The van der Waals surface area contributed by atoms with Gasteiger partial charge in [-0.25, -0.2) is 9.53 Å². The SMILES string of the molecule is NS(=O)(=O)N1CCC(C(=O)OCc2c(F)cccc2Cl)CC1. The van der Waals surface area contributed by atoms with Gasteiger partial charge in [0.2, 0.25) is 0 Å². The van der Waals surface area contributed by atoms with Crippen LogP contribution in [0.5, 0.6) is 0 Å². The summed E-state index contributed by atoms with van der Waals surface area (Å²) in [6, 6.07) is 4.21. The summed E-state index contributed by atoms with van der Waals surface area (Å²) in [5.74, 6) is -1.46. The molecule has 0 amide bonds. The van der Waals surface area contributed by atoms with Crippen molar-refractivity contribution in [2.45, 2.75) is 19.4 Å². The van der Waals surface area contributed by atoms with Crippen LogP contribution in [-0.4, -0.2) is 31.8 Å². The first kappa shape index (κ1) is 17.1. The van der Waals surface area contributed by atoms with Crippen molar-refractivity contribution in [2.75, 3.05) is 13.1 Å². The minimum absolute atomic E-state index is 0.125. The first-order valence-corrected chi connectivity index (χ1v) is 8.54. The Hall–Kier alpha value is -1.22. The summed E-state index contributed by atoms with van der Waals surface area (Å²) in [7, 11) is -3.73. The molecule has 1 aromatic rings. The van der Waals surface area contributed by atoms with E-state index in [2.05, 4.69) is 0 Å². The normalized spacial score (nSPS) is 17.4. The topological polar surface area (TPSA) is 89.7 Å². The molecule has 1 fully saturated rings. The summed E-state index contributed by atoms with van der Waals surface area (Å²) in [6.07, 6.45) is 0.639. The smallest absolute Gasteiger partial charge is 0.309 e. The fourth-order valence-electron chi connectivity index (χ4n) is 2.28. The number of ether oxygens (including phenoxy) is 1. The molecule has 9 heteroatoms. The van der Waals surface area contributed by atoms with Gasteiger partial charge in [-0.2, -0.15) is 12.7 Å². The van der Waals surface area contributed by atoms with Gasteiger partial charge in [0, 0.05) is 18.7 Å². The van der Waals surface area contributed by atoms with E-state index < -0.39 is 27.9 Å². The molecule has 22 heavy (non-hydrogen) atoms. The van der Waals surface area contributed by atoms with Crippen LogP contribution in [0.4, 0.5) is 4.39 Å². The van der Waals surface area contributed by atoms with E-state index >= 15 is 0 Å². The van der Waals surface area contributed by atoms with Crippen LogP contribution in [0.1, 0.15) is 18.4 Å². The predicted molar refractivity (Wildman–Crippen MR) is 78.6 cm³/mol. The van der Waals surface area contributed by atoms with Crippen LogP contribution in [0.2, 0.25) is 5.02 Å². The Labute approximate surface area is 133 Å². The average Bonchev–Trinajstić information content (AvgIpc) is 2.46. The van der Waals surface area contributed by atoms with E-state index in [4.69, 9.17) is 21.5 Å². The molecular weight excluding hydrogens is 335 g/mol. The van der Waals surface area contributed by atoms with Gasteiger partial charge in [0.15, 0.2) is 0 Å². The van der Waals surface area contributed by atoms with E-state index in [0.717, 1.165) is 4.31 Å². The summed E-state index contributed by atoms with van der Waals surface area (Å²) in [4.78, 5) is 12.0. The van der Waals surface area contributed by atoms with Crippen molar-refractivity contribution in [3.8, 4) is 0 Å². The number of nitrogens with two attached hydrogens (primary N) is 1. The fraction of sp³-hybridized carbons (Fsp3) is 0.462. The summed E-state index contributed by atoms with van der Waals surface area (Å²) < 4.78 is 42.1. The molecule has 1 saturated heterocycles. The molecule has 2 N–H and O–H groups in total. The number of nitrogens with zero attached hydrogens (tertiary/aromatic N) is 1. The second kappa shape index (κ2) is 6.91. The molecule has 1 aromatic carbocycles. The quantitative estimate of drug-likeness (QED) is 0.832. The first-order valence-electron chi connectivity index (χ1n) is 6.66. The van der Waals surface area contributed by atoms with Gasteiger partial charge < -0.3 is 4.74 Å². The molecule has 0 aliphatic carbocycles. The maximum Gasteiger partial charge on any atom is 0.309 e. The highest BCUT2D eigenvalue weighted by atomic mass is 35.5. The molecule has 0 saturated carbocycles. The lowest BCUT2D eigenvalue weighted by Crippen LogP contribution is -2.43. The highest BCUT2D eigenvalue weighted by Gasteiger charge is 2.30. The van der Waals surface area contributed by atoms with Crippen molar-refractivity contribution >= 4 is 27.8 Å². The van der Waals surface area contributed by atoms with Crippen LogP contribution >= 0.6 is 11.6 Å². The molecular formula is C13H16ClFN2O4S. The summed E-state index contributed by atoms with van der Waals surface area (Å²) >= 11 is 5.85. The van der Waals surface area contributed by atoms with Crippen LogP contribution in [0, 0.1) is 11.7 Å². The molecule has 0 spiro atoms. The van der Waals surface area contributed by atoms with Crippen molar-refractivity contribution in [3.63, 3.8) is 0 Å². The lowest BCUT2D eigenvalue weighted by atomic mass is 9.98. The first-order chi connectivity index (χ1) is 10.3. The lowest BCUT2D eigenvalue weighted by Gasteiger charge is -2.28. The highest BCUT2D eigenvalue weighted by Crippen LogP contribution is 2.23. The van der Waals surface area contributed by atoms with Crippen molar-refractivity contribution in [1.82, 2.24) is 4.31 Å². The van der Waals surface area contributed by atoms with E-state index in [9.17, 15) is 17.6 Å². The third-order valence-corrected chi connectivity index (χ3v) is 5.01. The molecule has 2 rings (SSSR count). The second-order valence-corrected chi connectivity index (χ2v) is 6.98. The van der Waals surface area contributed by atoms with Gasteiger partial charge in [-0.1, -0.05) is 17.7 Å². The maximum absolute atomic E-state index is 13.6. The van der Waals surface area contributed by atoms with Gasteiger partial charge in [-0.05, 0) is 25.0 Å². The average molecular weight is 351 g/mol. The number of hydrogen-bond acceptors (Lipinski definition) is 4. The number of halogens is 2. The maximum atomic E-state index is 13.6. The molecule has 6 nitrogen and oxygen atoms in total. The highest BCUT2D eigenvalue weighted by molar-refractivity contribution is 7.86. The molecule has 1 aliphatic heterocycles. The standard InChI is InChI=1S/C13H16ClFN2O4S/c14-11-2-1-3-12(15)10(11)8-21-13(18)9-4-6-17(7-5-9)22(16,19)20/h1-3,9H,4-8H2,(H2,16,19,20). The third-order valence-electron chi connectivity index (χ3n) is 3.57. The lowest BCUT2D eigenvalue weighted by molar-refractivity contribution is -0.151. The Morgan fingerprint density at radius 1 is 1.41 bits per heavy atom. The Bertz CT molecular complexity index is 640. The third kappa shape index (κ3) is 4.16. The van der Waals surface area contributed by atoms with Crippen LogP contribution in [-0.2, 0) is 26.3 Å². The minimum atomic E-state index is -3.73. The number of rotatable bonds is 4. The molecule has 122 valence electrons. The van der Waals surface area contributed by atoms with E-state index in [1.165, 1.54) is 18.2 Å². The van der Waals surface area contributed by atoms with Gasteiger partial charge in [-0.15, -0.1) is 0 Å². The predicted octanol–water partition coefficient (Wildman–Crippen LogP) is 1.44. The molecule has 0 atom stereocenters. The molecule has 0 unspecified atom stereocenters. The monoisotopic (exact) mass is 350 g/mol. The molecule has 1 aliphatic rings. The summed E-state index contributed by atoms with van der Waals surface area (Å²) in [5, 5.41) is 5.22. The molecule has 1 heterocycles. The van der Waals surface area contributed by atoms with Crippen LogP contribution in [0.3, 0.4) is 0 Å². The fourth-order valence-corrected chi connectivity index (χ4v) is 3.21. The number of carbonyl (C=O) groups is 1. The number of piperidine rings is 1. The van der Waals surface area contributed by atoms with Crippen molar-refractivity contribution < 1.29 is 22.3 Å². The largest absolute Gasteiger partial charge is 0.460 e. The Balaban J connectivity index is 1.89. The number of esters is 1. The van der Waals surface area contributed by atoms with Crippen LogP contribution < -0.4 is 5.14 Å². The number of carbonyl (C=O) groups excluding carboxylic acids is 1. The van der Waals surface area contributed by atoms with Crippen molar-refractivity contribution in [3.05, 3.63) is 34.6 Å². The molecule has 0 aromatic heterocycles. The van der Waals surface area contributed by atoms with E-state index in [0.29, 0.717) is 12.8 Å². The second-order valence-electron chi connectivity index (χ2n) is 5.03. The Morgan fingerprint density at radius 2 is 2.05 bits per heavy atom. The summed E-state index contributed by atoms with van der Waals surface area (Å²) in [6.45, 7) is 0.0812. The van der Waals surface area contributed by atoms with E-state index in [-0.39, 0.29) is 30.3 Å². The van der Waals surface area contributed by atoms with Gasteiger partial charge in [0.05, 0.1) is 10.9 Å². The Kier molecular flexibility index (Phi) is 5.38. The van der Waals surface area contributed by atoms with Gasteiger partial charge in [-0.3, -0.25) is 4.79 Å². The number of hydrogen-bond donors (Lipinski definition) is 1. The van der Waals surface area contributed by atoms with Crippen molar-refractivity contribution in [1.29, 1.82) is 0 Å². The Morgan fingerprint density at radius 3 is 2.59 bits per heavy atom. The zero-order valence-electron chi connectivity index (χ0n) is 11.7. The van der Waals surface area contributed by atoms with E-state index in [1.807, 2.05) is 0 Å². The van der Waals surface area contributed by atoms with Crippen LogP contribution in [0.15, 0.2) is 18.2 Å². The van der Waals surface area contributed by atoms with Crippen molar-refractivity contribution in [2.24, 2.45) is 11.1 Å². The zero-order valence-corrected chi connectivity index (χ0v) is 13.2. The zero-order chi connectivity index (χ0) is 16.3. The van der Waals surface area contributed by atoms with Gasteiger partial charge in [0.25, 0.3) is 10.2 Å². The summed E-state index contributed by atoms with van der Waals surface area (Å²) in [5.41, 5.74) is 0.125. The minimum Gasteiger partial charge on any atom is -0.460 e. The van der Waals surface area contributed by atoms with E-state index in [1.54, 1.807) is 0 Å². The number of benzene rings is 1. The molecule has 0 radical (unpaired) electrons. The van der Waals surface area contributed by atoms with Gasteiger partial charge >= 0.3 is 5.97 Å². The van der Waals surface area contributed by atoms with Crippen LogP contribution in [0.25, 0.3) is 0 Å².